The summed E-state index contributed by atoms with van der Waals surface area (Å²) in [6.45, 7) is 0.367. The van der Waals surface area contributed by atoms with Crippen molar-refractivity contribution in [1.82, 2.24) is 0 Å². The van der Waals surface area contributed by atoms with Crippen molar-refractivity contribution in [2.45, 2.75) is 12.8 Å². The highest BCUT2D eigenvalue weighted by atomic mass is 35.5. The Morgan fingerprint density at radius 2 is 1.64 bits per heavy atom. The van der Waals surface area contributed by atoms with Crippen LogP contribution in [0.1, 0.15) is 21.5 Å². The van der Waals surface area contributed by atoms with Crippen LogP contribution < -0.4 is 10.1 Å². The second-order valence-corrected chi connectivity index (χ2v) is 6.38. The van der Waals surface area contributed by atoms with Crippen LogP contribution in [0, 0.1) is 0 Å². The van der Waals surface area contributed by atoms with E-state index in [9.17, 15) is 18.0 Å². The third-order valence-electron chi connectivity index (χ3n) is 3.90. The Bertz CT molecular complexity index is 958. The van der Waals surface area contributed by atoms with Gasteiger partial charge in [-0.15, -0.1) is 0 Å². The van der Waals surface area contributed by atoms with Gasteiger partial charge in [0.25, 0.3) is 5.91 Å². The normalized spacial score (nSPS) is 11.1. The number of benzene rings is 3. The van der Waals surface area contributed by atoms with Gasteiger partial charge in [-0.3, -0.25) is 4.79 Å². The molecule has 0 aliphatic carbocycles. The van der Waals surface area contributed by atoms with Crippen LogP contribution in [0.5, 0.6) is 5.75 Å². The van der Waals surface area contributed by atoms with Crippen LogP contribution >= 0.6 is 11.6 Å². The summed E-state index contributed by atoms with van der Waals surface area (Å²) in [6, 6.07) is 18.9. The average Bonchev–Trinajstić information content (AvgIpc) is 2.68. The first kappa shape index (κ1) is 19.8. The van der Waals surface area contributed by atoms with Crippen molar-refractivity contribution in [3.63, 3.8) is 0 Å². The van der Waals surface area contributed by atoms with E-state index in [1.807, 2.05) is 30.3 Å². The number of carbonyl (C=O) groups is 1. The summed E-state index contributed by atoms with van der Waals surface area (Å²) < 4.78 is 45.0. The van der Waals surface area contributed by atoms with Crippen molar-refractivity contribution in [3.8, 4) is 5.75 Å². The molecule has 3 rings (SSSR count). The third kappa shape index (κ3) is 5.04. The number of anilines is 1. The van der Waals surface area contributed by atoms with Gasteiger partial charge in [0, 0.05) is 10.6 Å². The predicted molar refractivity (Wildman–Crippen MR) is 102 cm³/mol. The first-order chi connectivity index (χ1) is 13.3. The minimum Gasteiger partial charge on any atom is -0.489 e. The van der Waals surface area contributed by atoms with Crippen LogP contribution in [0.3, 0.4) is 0 Å². The highest BCUT2D eigenvalue weighted by Gasteiger charge is 2.34. The second-order valence-electron chi connectivity index (χ2n) is 5.94. The zero-order chi connectivity index (χ0) is 20.1. The molecule has 0 unspecified atom stereocenters. The number of nitrogens with one attached hydrogen (secondary N) is 1. The molecule has 0 fully saturated rings. The van der Waals surface area contributed by atoms with Gasteiger partial charge in [0.1, 0.15) is 12.4 Å². The van der Waals surface area contributed by atoms with E-state index in [0.29, 0.717) is 12.4 Å². The van der Waals surface area contributed by atoms with Gasteiger partial charge in [-0.1, -0.05) is 41.9 Å². The molecule has 0 radical (unpaired) electrons. The lowest BCUT2D eigenvalue weighted by Crippen LogP contribution is -2.16. The Morgan fingerprint density at radius 1 is 0.964 bits per heavy atom. The van der Waals surface area contributed by atoms with Gasteiger partial charge in [-0.2, -0.15) is 13.2 Å². The molecule has 0 aliphatic rings. The van der Waals surface area contributed by atoms with Crippen molar-refractivity contribution in [2.75, 3.05) is 5.32 Å². The van der Waals surface area contributed by atoms with E-state index < -0.39 is 17.6 Å². The Morgan fingerprint density at radius 3 is 2.29 bits per heavy atom. The zero-order valence-corrected chi connectivity index (χ0v) is 15.2. The van der Waals surface area contributed by atoms with E-state index in [1.165, 1.54) is 18.2 Å². The molecule has 3 aromatic rings. The van der Waals surface area contributed by atoms with Crippen molar-refractivity contribution >= 4 is 23.2 Å². The summed E-state index contributed by atoms with van der Waals surface area (Å²) in [5, 5.41) is 2.21. The minimum atomic E-state index is -4.64. The Balaban J connectivity index is 1.69. The largest absolute Gasteiger partial charge is 0.489 e. The first-order valence-corrected chi connectivity index (χ1v) is 8.65. The van der Waals surface area contributed by atoms with Gasteiger partial charge in [-0.25, -0.2) is 0 Å². The Kier molecular flexibility index (Phi) is 5.90. The van der Waals surface area contributed by atoms with E-state index in [2.05, 4.69) is 5.32 Å². The smallest absolute Gasteiger partial charge is 0.418 e. The standard InChI is InChI=1S/C21H15ClF3NO2/c22-16-8-11-19(18(12-16)21(23,24)25)26-20(27)15-6-9-17(10-7-15)28-13-14-4-2-1-3-5-14/h1-12H,13H2,(H,26,27). The van der Waals surface area contributed by atoms with Crippen LogP contribution in [-0.4, -0.2) is 5.91 Å². The van der Waals surface area contributed by atoms with Crippen molar-refractivity contribution in [1.29, 1.82) is 0 Å². The summed E-state index contributed by atoms with van der Waals surface area (Å²) in [5.74, 6) is -0.120. The highest BCUT2D eigenvalue weighted by molar-refractivity contribution is 6.30. The fraction of sp³-hybridized carbons (Fsp3) is 0.0952. The predicted octanol–water partition coefficient (Wildman–Crippen LogP) is 6.19. The summed E-state index contributed by atoms with van der Waals surface area (Å²) in [4.78, 5) is 12.3. The molecule has 0 saturated heterocycles. The fourth-order valence-electron chi connectivity index (χ4n) is 2.50. The summed E-state index contributed by atoms with van der Waals surface area (Å²) in [5.41, 5.74) is -0.163. The van der Waals surface area contributed by atoms with Crippen LogP contribution in [0.15, 0.2) is 72.8 Å². The van der Waals surface area contributed by atoms with Crippen LogP contribution in [-0.2, 0) is 12.8 Å². The SMILES string of the molecule is O=C(Nc1ccc(Cl)cc1C(F)(F)F)c1ccc(OCc2ccccc2)cc1. The van der Waals surface area contributed by atoms with Gasteiger partial charge in [-0.05, 0) is 48.0 Å². The number of alkyl halides is 3. The van der Waals surface area contributed by atoms with Gasteiger partial charge in [0.2, 0.25) is 0 Å². The molecule has 0 aromatic heterocycles. The molecule has 28 heavy (non-hydrogen) atoms. The number of halogens is 4. The topological polar surface area (TPSA) is 38.3 Å². The van der Waals surface area contributed by atoms with Crippen LogP contribution in [0.4, 0.5) is 18.9 Å². The molecule has 0 aliphatic heterocycles. The number of hydrogen-bond donors (Lipinski definition) is 1. The van der Waals surface area contributed by atoms with E-state index in [1.54, 1.807) is 12.1 Å². The van der Waals surface area contributed by atoms with E-state index >= 15 is 0 Å². The van der Waals surface area contributed by atoms with E-state index in [4.69, 9.17) is 16.3 Å². The lowest BCUT2D eigenvalue weighted by atomic mass is 10.1. The summed E-state index contributed by atoms with van der Waals surface area (Å²) in [7, 11) is 0. The lowest BCUT2D eigenvalue weighted by molar-refractivity contribution is -0.136. The van der Waals surface area contributed by atoms with Gasteiger partial charge in [0.05, 0.1) is 11.3 Å². The maximum atomic E-state index is 13.1. The van der Waals surface area contributed by atoms with Crippen molar-refractivity contribution in [2.24, 2.45) is 0 Å². The molecule has 0 atom stereocenters. The van der Waals surface area contributed by atoms with Gasteiger partial charge in [0.15, 0.2) is 0 Å². The number of carbonyl (C=O) groups excluding carboxylic acids is 1. The van der Waals surface area contributed by atoms with Gasteiger partial charge >= 0.3 is 6.18 Å². The van der Waals surface area contributed by atoms with E-state index in [0.717, 1.165) is 17.7 Å². The molecule has 3 aromatic carbocycles. The second kappa shape index (κ2) is 8.35. The quantitative estimate of drug-likeness (QED) is 0.549. The molecule has 0 heterocycles. The van der Waals surface area contributed by atoms with Crippen molar-refractivity contribution < 1.29 is 22.7 Å². The summed E-state index contributed by atoms with van der Waals surface area (Å²) >= 11 is 5.64. The maximum Gasteiger partial charge on any atom is 0.418 e. The Hall–Kier alpha value is -2.99. The maximum absolute atomic E-state index is 13.1. The zero-order valence-electron chi connectivity index (χ0n) is 14.5. The molecular weight excluding hydrogens is 391 g/mol. The fourth-order valence-corrected chi connectivity index (χ4v) is 2.67. The number of rotatable bonds is 5. The monoisotopic (exact) mass is 405 g/mol. The molecule has 0 spiro atoms. The molecule has 3 nitrogen and oxygen atoms in total. The molecule has 1 amide bonds. The molecule has 0 bridgehead atoms. The molecule has 7 heteroatoms. The first-order valence-electron chi connectivity index (χ1n) is 8.28. The van der Waals surface area contributed by atoms with Crippen LogP contribution in [0.2, 0.25) is 5.02 Å². The van der Waals surface area contributed by atoms with Crippen molar-refractivity contribution in [3.05, 3.63) is 94.5 Å². The average molecular weight is 406 g/mol. The Labute approximate surface area is 164 Å². The molecule has 144 valence electrons. The third-order valence-corrected chi connectivity index (χ3v) is 4.14. The van der Waals surface area contributed by atoms with Gasteiger partial charge < -0.3 is 10.1 Å². The molecule has 1 N–H and O–H groups in total. The lowest BCUT2D eigenvalue weighted by Gasteiger charge is -2.14. The minimum absolute atomic E-state index is 0.0646. The summed E-state index contributed by atoms with van der Waals surface area (Å²) in [6.07, 6.45) is -4.64. The highest BCUT2D eigenvalue weighted by Crippen LogP contribution is 2.36. The number of ether oxygens (including phenoxy) is 1. The molecular formula is C21H15ClF3NO2. The van der Waals surface area contributed by atoms with Crippen LogP contribution in [0.25, 0.3) is 0 Å². The number of amides is 1. The van der Waals surface area contributed by atoms with E-state index in [-0.39, 0.29) is 16.3 Å². The molecule has 0 saturated carbocycles. The number of hydrogen-bond acceptors (Lipinski definition) is 2.